The number of amides is 1. The van der Waals surface area contributed by atoms with E-state index in [0.717, 1.165) is 48.4 Å². The molecule has 0 atom stereocenters. The number of hydrogen-bond acceptors (Lipinski definition) is 6. The maximum Gasteiger partial charge on any atom is 0.410 e. The van der Waals surface area contributed by atoms with Crippen LogP contribution in [-0.4, -0.2) is 47.8 Å². The van der Waals surface area contributed by atoms with Gasteiger partial charge in [0.2, 0.25) is 11.8 Å². The molecule has 43 heavy (non-hydrogen) atoms. The molecule has 6 rings (SSSR count). The molecule has 0 aliphatic carbocycles. The summed E-state index contributed by atoms with van der Waals surface area (Å²) >= 11 is 0. The summed E-state index contributed by atoms with van der Waals surface area (Å²) in [6.45, 7) is 9.93. The van der Waals surface area contributed by atoms with Gasteiger partial charge in [-0.1, -0.05) is 80.2 Å². The number of nitrogens with zero attached hydrogens (tertiary/aromatic N) is 3. The van der Waals surface area contributed by atoms with Crippen molar-refractivity contribution in [2.45, 2.75) is 47.0 Å². The highest BCUT2D eigenvalue weighted by Crippen LogP contribution is 2.43. The molecular formula is C36H41N3O4. The van der Waals surface area contributed by atoms with Gasteiger partial charge in [0.05, 0.1) is 0 Å². The fraction of sp³-hybridized carbons (Fsp3) is 0.333. The van der Waals surface area contributed by atoms with E-state index in [2.05, 4.69) is 29.2 Å². The summed E-state index contributed by atoms with van der Waals surface area (Å²) in [4.78, 5) is 21.3. The van der Waals surface area contributed by atoms with Gasteiger partial charge in [-0.3, -0.25) is 0 Å². The first kappa shape index (κ1) is 30.0. The van der Waals surface area contributed by atoms with Gasteiger partial charge in [-0.05, 0) is 55.7 Å². The van der Waals surface area contributed by atoms with E-state index >= 15 is 0 Å². The molecule has 0 N–H and O–H groups in total. The van der Waals surface area contributed by atoms with Crippen LogP contribution in [0.5, 0.6) is 11.8 Å². The van der Waals surface area contributed by atoms with Crippen LogP contribution in [0.15, 0.2) is 97.1 Å². The maximum atomic E-state index is 12.3. The number of carbonyl (C=O) groups is 1. The molecule has 1 amide bonds. The molecular weight excluding hydrogens is 538 g/mol. The normalized spacial score (nSPS) is 15.1. The fourth-order valence-electron chi connectivity index (χ4n) is 5.51. The predicted molar refractivity (Wildman–Crippen MR) is 170 cm³/mol. The Labute approximate surface area is 255 Å². The molecule has 0 radical (unpaired) electrons. The summed E-state index contributed by atoms with van der Waals surface area (Å²) in [5.74, 6) is 1.06. The Balaban J connectivity index is 0.00000368. The van der Waals surface area contributed by atoms with Crippen LogP contribution in [0.4, 0.5) is 10.5 Å². The first-order chi connectivity index (χ1) is 20.3. The van der Waals surface area contributed by atoms with E-state index in [9.17, 15) is 4.79 Å². The van der Waals surface area contributed by atoms with E-state index in [0.29, 0.717) is 25.0 Å². The molecule has 3 aromatic carbocycles. The molecule has 224 valence electrons. The second kappa shape index (κ2) is 12.4. The lowest BCUT2D eigenvalue weighted by atomic mass is 9.73. The van der Waals surface area contributed by atoms with Crippen LogP contribution in [0, 0.1) is 5.41 Å². The Hall–Kier alpha value is -4.52. The van der Waals surface area contributed by atoms with Crippen molar-refractivity contribution < 1.29 is 19.0 Å². The summed E-state index contributed by atoms with van der Waals surface area (Å²) in [7, 11) is 0. The van der Waals surface area contributed by atoms with Gasteiger partial charge in [-0.2, -0.15) is 4.98 Å². The molecule has 2 aliphatic heterocycles. The van der Waals surface area contributed by atoms with Crippen molar-refractivity contribution in [2.24, 2.45) is 5.41 Å². The second-order valence-corrected chi connectivity index (χ2v) is 12.3. The molecule has 2 aliphatic rings. The number of pyridine rings is 1. The SMILES string of the molecule is C.CC(C)(C)OC(=O)N1CC2(C1)CN(c1ccc(-c3ccc(OCc4ccccc4)nc3OCc3ccccc3)cc1)C2. The van der Waals surface area contributed by atoms with Gasteiger partial charge in [0.25, 0.3) is 0 Å². The van der Waals surface area contributed by atoms with Gasteiger partial charge >= 0.3 is 6.09 Å². The van der Waals surface area contributed by atoms with Crippen LogP contribution in [0.1, 0.15) is 39.3 Å². The Morgan fingerprint density at radius 3 is 1.93 bits per heavy atom. The van der Waals surface area contributed by atoms with Gasteiger partial charge in [-0.15, -0.1) is 0 Å². The molecule has 1 aromatic heterocycles. The standard InChI is InChI=1S/C35H37N3O4.CH4/c1-34(2,3)42-33(39)38-24-35(25-38)22-37(23-35)29-16-14-28(15-17-29)30-18-19-31(40-20-26-10-6-4-7-11-26)36-32(30)41-21-27-12-8-5-9-13-27;/h4-19H,20-25H2,1-3H3;1H4. The third-order valence-electron chi connectivity index (χ3n) is 7.58. The fourth-order valence-corrected chi connectivity index (χ4v) is 5.51. The lowest BCUT2D eigenvalue weighted by Gasteiger charge is -2.60. The summed E-state index contributed by atoms with van der Waals surface area (Å²) in [6.07, 6.45) is -0.216. The van der Waals surface area contributed by atoms with E-state index in [1.54, 1.807) is 0 Å². The lowest BCUT2D eigenvalue weighted by Crippen LogP contribution is -2.73. The molecule has 2 fully saturated rings. The van der Waals surface area contributed by atoms with Crippen LogP contribution in [0.3, 0.4) is 0 Å². The van der Waals surface area contributed by atoms with Crippen molar-refractivity contribution in [1.82, 2.24) is 9.88 Å². The van der Waals surface area contributed by atoms with Crippen molar-refractivity contribution in [3.63, 3.8) is 0 Å². The zero-order chi connectivity index (χ0) is 29.2. The van der Waals surface area contributed by atoms with E-state index in [1.165, 1.54) is 5.69 Å². The number of anilines is 1. The van der Waals surface area contributed by atoms with Gasteiger partial charge < -0.3 is 24.0 Å². The number of carbonyl (C=O) groups excluding carboxylic acids is 1. The Morgan fingerprint density at radius 2 is 1.35 bits per heavy atom. The Morgan fingerprint density at radius 1 is 0.767 bits per heavy atom. The number of rotatable bonds is 8. The van der Waals surface area contributed by atoms with E-state index in [1.807, 2.05) is 98.5 Å². The van der Waals surface area contributed by atoms with Crippen LogP contribution in [-0.2, 0) is 18.0 Å². The highest BCUT2D eigenvalue weighted by molar-refractivity contribution is 5.72. The monoisotopic (exact) mass is 579 g/mol. The minimum atomic E-state index is -0.468. The first-order valence-electron chi connectivity index (χ1n) is 14.4. The number of aromatic nitrogens is 1. The third kappa shape index (κ3) is 7.11. The minimum absolute atomic E-state index is 0. The predicted octanol–water partition coefficient (Wildman–Crippen LogP) is 7.60. The summed E-state index contributed by atoms with van der Waals surface area (Å²) in [6, 6.07) is 32.6. The number of ether oxygens (including phenoxy) is 3. The Kier molecular flexibility index (Phi) is 8.62. The average molecular weight is 580 g/mol. The van der Waals surface area contributed by atoms with Crippen molar-refractivity contribution in [3.05, 3.63) is 108 Å². The summed E-state index contributed by atoms with van der Waals surface area (Å²) in [5.41, 5.74) is 4.97. The molecule has 7 nitrogen and oxygen atoms in total. The second-order valence-electron chi connectivity index (χ2n) is 12.3. The smallest absolute Gasteiger partial charge is 0.410 e. The van der Waals surface area contributed by atoms with E-state index in [-0.39, 0.29) is 18.9 Å². The minimum Gasteiger partial charge on any atom is -0.473 e. The largest absolute Gasteiger partial charge is 0.473 e. The molecule has 0 unspecified atom stereocenters. The van der Waals surface area contributed by atoms with Crippen LogP contribution >= 0.6 is 0 Å². The topological polar surface area (TPSA) is 64.1 Å². The lowest BCUT2D eigenvalue weighted by molar-refractivity contribution is -0.0453. The molecule has 0 bridgehead atoms. The van der Waals surface area contributed by atoms with Gasteiger partial charge in [0.1, 0.15) is 18.8 Å². The number of benzene rings is 3. The van der Waals surface area contributed by atoms with Crippen LogP contribution in [0.25, 0.3) is 11.1 Å². The summed E-state index contributed by atoms with van der Waals surface area (Å²) in [5, 5.41) is 0. The highest BCUT2D eigenvalue weighted by Gasteiger charge is 2.54. The first-order valence-corrected chi connectivity index (χ1v) is 14.4. The molecule has 0 saturated carbocycles. The van der Waals surface area contributed by atoms with Crippen LogP contribution < -0.4 is 14.4 Å². The van der Waals surface area contributed by atoms with E-state index < -0.39 is 5.60 Å². The molecule has 7 heteroatoms. The molecule has 3 heterocycles. The van der Waals surface area contributed by atoms with Crippen molar-refractivity contribution in [2.75, 3.05) is 31.1 Å². The highest BCUT2D eigenvalue weighted by atomic mass is 16.6. The average Bonchev–Trinajstić information content (AvgIpc) is 2.94. The van der Waals surface area contributed by atoms with Gasteiger partial charge in [-0.25, -0.2) is 4.79 Å². The van der Waals surface area contributed by atoms with Crippen molar-refractivity contribution in [1.29, 1.82) is 0 Å². The van der Waals surface area contributed by atoms with Crippen molar-refractivity contribution >= 4 is 11.8 Å². The van der Waals surface area contributed by atoms with Gasteiger partial charge in [0, 0.05) is 48.9 Å². The van der Waals surface area contributed by atoms with Gasteiger partial charge in [0.15, 0.2) is 0 Å². The van der Waals surface area contributed by atoms with Crippen LogP contribution in [0.2, 0.25) is 0 Å². The summed E-state index contributed by atoms with van der Waals surface area (Å²) < 4.78 is 17.8. The van der Waals surface area contributed by atoms with E-state index in [4.69, 9.17) is 19.2 Å². The zero-order valence-electron chi connectivity index (χ0n) is 24.5. The molecule has 2 saturated heterocycles. The quantitative estimate of drug-likeness (QED) is 0.214. The maximum absolute atomic E-state index is 12.3. The molecule has 4 aromatic rings. The number of likely N-dealkylation sites (tertiary alicyclic amines) is 1. The number of hydrogen-bond donors (Lipinski definition) is 0. The third-order valence-corrected chi connectivity index (χ3v) is 7.58. The molecule has 1 spiro atoms. The zero-order valence-corrected chi connectivity index (χ0v) is 24.5. The Bertz CT molecular complexity index is 1500. The van der Waals surface area contributed by atoms with Crippen molar-refractivity contribution in [3.8, 4) is 22.9 Å².